The number of esters is 1. The molecule has 0 radical (unpaired) electrons. The van der Waals surface area contributed by atoms with Crippen molar-refractivity contribution >= 4 is 41.6 Å². The van der Waals surface area contributed by atoms with Crippen LogP contribution < -0.4 is 20.9 Å². The second-order valence-electron chi connectivity index (χ2n) is 9.76. The van der Waals surface area contributed by atoms with Gasteiger partial charge < -0.3 is 19.7 Å². The lowest BCUT2D eigenvalue weighted by molar-refractivity contribution is -0.149. The quantitative estimate of drug-likeness (QED) is 0.188. The molecule has 1 unspecified atom stereocenters. The third-order valence-electron chi connectivity index (χ3n) is 6.30. The van der Waals surface area contributed by atoms with Crippen molar-refractivity contribution in [2.75, 3.05) is 12.3 Å². The van der Waals surface area contributed by atoms with Crippen LogP contribution in [0.15, 0.2) is 53.6 Å². The Hall–Kier alpha value is -3.77. The lowest BCUT2D eigenvalue weighted by Gasteiger charge is -2.25. The fourth-order valence-electron chi connectivity index (χ4n) is 4.47. The molecule has 0 amide bonds. The van der Waals surface area contributed by atoms with Gasteiger partial charge in [-0.3, -0.25) is 23.7 Å². The summed E-state index contributed by atoms with van der Waals surface area (Å²) in [4.78, 5) is 35.4. The lowest BCUT2D eigenvalue weighted by atomic mass is 10.1. The van der Waals surface area contributed by atoms with Gasteiger partial charge >= 0.3 is 13.7 Å². The van der Waals surface area contributed by atoms with Gasteiger partial charge in [-0.1, -0.05) is 36.4 Å². The number of carbonyl (C=O) groups excluding carboxylic acids is 1. The highest BCUT2D eigenvalue weighted by Gasteiger charge is 2.36. The standard InChI is InChI=1S/C26H31N6O7P/c1-15(2)37-25(34)16(3)31-40(35,39-20-10-6-8-17-7-4-5-9-19(17)20)36-13-18-11-12-21(38-18)32-14-28-22-23(32)29-26(27)30-24(22)33/h4-10,14-16,18,21H,11-13H2,1-3H3,(H,31,35)(H3,27,29,30,33)/t16-,18-,21+,40?/m0/s1. The zero-order valence-corrected chi connectivity index (χ0v) is 23.2. The van der Waals surface area contributed by atoms with E-state index in [0.717, 1.165) is 10.8 Å². The van der Waals surface area contributed by atoms with E-state index in [-0.39, 0.29) is 24.2 Å². The summed E-state index contributed by atoms with van der Waals surface area (Å²) in [6.07, 6.45) is 1.29. The van der Waals surface area contributed by atoms with E-state index in [4.69, 9.17) is 24.3 Å². The van der Waals surface area contributed by atoms with Crippen LogP contribution in [0.25, 0.3) is 21.9 Å². The molecule has 212 valence electrons. The number of rotatable bonds is 10. The molecule has 0 aliphatic carbocycles. The SMILES string of the molecule is CC(C)OC(=O)[C@H](C)NP(=O)(OC[C@@H]1CC[C@H](n2cnc3c(=O)[nH]c(N)nc32)O1)Oc1cccc2ccccc12. The highest BCUT2D eigenvalue weighted by Crippen LogP contribution is 2.47. The molecule has 1 aliphatic rings. The number of nitrogens with two attached hydrogens (primary N) is 1. The molecular weight excluding hydrogens is 539 g/mol. The van der Waals surface area contributed by atoms with Crippen LogP contribution in [0.1, 0.15) is 39.8 Å². The first-order chi connectivity index (χ1) is 19.1. The molecule has 40 heavy (non-hydrogen) atoms. The van der Waals surface area contributed by atoms with Crippen molar-refractivity contribution in [1.29, 1.82) is 0 Å². The van der Waals surface area contributed by atoms with Gasteiger partial charge in [-0.2, -0.15) is 10.1 Å². The zero-order valence-electron chi connectivity index (χ0n) is 22.3. The van der Waals surface area contributed by atoms with Gasteiger partial charge in [0.15, 0.2) is 11.2 Å². The molecule has 5 rings (SSSR count). The third kappa shape index (κ3) is 6.02. The zero-order chi connectivity index (χ0) is 28.4. The number of aromatic nitrogens is 4. The molecule has 13 nitrogen and oxygen atoms in total. The van der Waals surface area contributed by atoms with Gasteiger partial charge in [0.1, 0.15) is 18.0 Å². The molecule has 4 N–H and O–H groups in total. The fraction of sp³-hybridized carbons (Fsp3) is 0.385. The Bertz CT molecular complexity index is 1630. The number of nitrogens with one attached hydrogen (secondary N) is 2. The van der Waals surface area contributed by atoms with Crippen molar-refractivity contribution < 1.29 is 27.9 Å². The predicted molar refractivity (Wildman–Crippen MR) is 148 cm³/mol. The largest absolute Gasteiger partial charge is 0.462 e. The van der Waals surface area contributed by atoms with Gasteiger partial charge in [-0.05, 0) is 45.1 Å². The van der Waals surface area contributed by atoms with E-state index in [2.05, 4.69) is 20.0 Å². The number of ether oxygens (including phenoxy) is 2. The monoisotopic (exact) mass is 570 g/mol. The Morgan fingerprint density at radius 1 is 1.23 bits per heavy atom. The Kier molecular flexibility index (Phi) is 7.90. The summed E-state index contributed by atoms with van der Waals surface area (Å²) < 4.78 is 38.9. The molecule has 4 atom stereocenters. The van der Waals surface area contributed by atoms with Crippen molar-refractivity contribution in [1.82, 2.24) is 24.6 Å². The van der Waals surface area contributed by atoms with Crippen LogP contribution in [0, 0.1) is 0 Å². The number of nitrogens with zero attached hydrogens (tertiary/aromatic N) is 3. The van der Waals surface area contributed by atoms with Crippen LogP contribution in [0.3, 0.4) is 0 Å². The number of imidazole rings is 1. The molecule has 1 aliphatic heterocycles. The molecule has 2 aromatic heterocycles. The van der Waals surface area contributed by atoms with E-state index >= 15 is 0 Å². The van der Waals surface area contributed by atoms with E-state index < -0.39 is 37.6 Å². The summed E-state index contributed by atoms with van der Waals surface area (Å²) in [6.45, 7) is 4.88. The molecule has 14 heteroatoms. The van der Waals surface area contributed by atoms with E-state index in [1.54, 1.807) is 30.5 Å². The molecule has 3 heterocycles. The molecule has 0 bridgehead atoms. The minimum absolute atomic E-state index is 0.0279. The molecule has 2 aromatic carbocycles. The number of fused-ring (bicyclic) bond motifs is 2. The van der Waals surface area contributed by atoms with Crippen LogP contribution in [-0.4, -0.2) is 50.3 Å². The number of nitrogen functional groups attached to an aromatic ring is 1. The smallest absolute Gasteiger partial charge is 0.459 e. The number of benzene rings is 2. The Morgan fingerprint density at radius 2 is 2.00 bits per heavy atom. The van der Waals surface area contributed by atoms with Crippen molar-refractivity contribution in [2.24, 2.45) is 0 Å². The molecule has 4 aromatic rings. The molecule has 0 spiro atoms. The summed E-state index contributed by atoms with van der Waals surface area (Å²) >= 11 is 0. The fourth-order valence-corrected chi connectivity index (χ4v) is 6.01. The summed E-state index contributed by atoms with van der Waals surface area (Å²) in [5.74, 6) is -0.284. The second-order valence-corrected chi connectivity index (χ2v) is 11.5. The van der Waals surface area contributed by atoms with Crippen molar-refractivity contribution in [3.8, 4) is 5.75 Å². The highest BCUT2D eigenvalue weighted by atomic mass is 31.2. The topological polar surface area (TPSA) is 173 Å². The lowest BCUT2D eigenvalue weighted by Crippen LogP contribution is -2.36. The third-order valence-corrected chi connectivity index (χ3v) is 7.93. The number of hydrogen-bond donors (Lipinski definition) is 3. The number of aromatic amines is 1. The first-order valence-electron chi connectivity index (χ1n) is 12.9. The van der Waals surface area contributed by atoms with E-state index in [0.29, 0.717) is 24.2 Å². The minimum atomic E-state index is -4.11. The highest BCUT2D eigenvalue weighted by molar-refractivity contribution is 7.52. The van der Waals surface area contributed by atoms with Gasteiger partial charge in [0.2, 0.25) is 5.95 Å². The molecule has 0 saturated carbocycles. The van der Waals surface area contributed by atoms with Crippen molar-refractivity contribution in [3.63, 3.8) is 0 Å². The van der Waals surface area contributed by atoms with Gasteiger partial charge in [0, 0.05) is 5.39 Å². The van der Waals surface area contributed by atoms with Gasteiger partial charge in [-0.25, -0.2) is 9.55 Å². The Morgan fingerprint density at radius 3 is 2.80 bits per heavy atom. The van der Waals surface area contributed by atoms with Crippen LogP contribution in [0.4, 0.5) is 5.95 Å². The first kappa shape index (κ1) is 27.8. The van der Waals surface area contributed by atoms with Crippen molar-refractivity contribution in [3.05, 3.63) is 59.1 Å². The minimum Gasteiger partial charge on any atom is -0.462 e. The first-order valence-corrected chi connectivity index (χ1v) is 14.4. The van der Waals surface area contributed by atoms with Crippen molar-refractivity contribution in [2.45, 2.75) is 58.1 Å². The predicted octanol–water partition coefficient (Wildman–Crippen LogP) is 3.67. The van der Waals surface area contributed by atoms with Gasteiger partial charge in [-0.15, -0.1) is 0 Å². The van der Waals surface area contributed by atoms with E-state index in [1.165, 1.54) is 13.3 Å². The van der Waals surface area contributed by atoms with E-state index in [1.807, 2.05) is 30.3 Å². The number of H-pyrrole nitrogens is 1. The average Bonchev–Trinajstić information content (AvgIpc) is 3.54. The molecule has 1 saturated heterocycles. The normalized spacial score (nSPS) is 19.6. The average molecular weight is 571 g/mol. The van der Waals surface area contributed by atoms with Gasteiger partial charge in [0.25, 0.3) is 5.56 Å². The maximum Gasteiger partial charge on any atom is 0.459 e. The van der Waals surface area contributed by atoms with Crippen LogP contribution in [0.5, 0.6) is 5.75 Å². The summed E-state index contributed by atoms with van der Waals surface area (Å²) in [7, 11) is -4.11. The molecule has 1 fully saturated rings. The summed E-state index contributed by atoms with van der Waals surface area (Å²) in [6, 6.07) is 11.9. The maximum absolute atomic E-state index is 14.0. The Balaban J connectivity index is 1.33. The second kappa shape index (κ2) is 11.4. The summed E-state index contributed by atoms with van der Waals surface area (Å²) in [5, 5.41) is 4.34. The van der Waals surface area contributed by atoms with E-state index in [9.17, 15) is 14.2 Å². The number of anilines is 1. The number of carbonyl (C=O) groups is 1. The Labute approximate surface area is 229 Å². The van der Waals surface area contributed by atoms with Crippen LogP contribution in [-0.2, 0) is 23.4 Å². The van der Waals surface area contributed by atoms with Gasteiger partial charge in [0.05, 0.1) is 25.1 Å². The van der Waals surface area contributed by atoms with Crippen LogP contribution >= 0.6 is 7.75 Å². The summed E-state index contributed by atoms with van der Waals surface area (Å²) in [5.41, 5.74) is 5.72. The number of hydrogen-bond acceptors (Lipinski definition) is 10. The van der Waals surface area contributed by atoms with Crippen LogP contribution in [0.2, 0.25) is 0 Å². The molecular formula is C26H31N6O7P. The maximum atomic E-state index is 14.0.